The van der Waals surface area contributed by atoms with Crippen molar-refractivity contribution in [1.29, 1.82) is 0 Å². The van der Waals surface area contributed by atoms with Gasteiger partial charge in [-0.2, -0.15) is 0 Å². The van der Waals surface area contributed by atoms with Gasteiger partial charge in [-0.05, 0) is 36.8 Å². The molecule has 0 fully saturated rings. The van der Waals surface area contributed by atoms with Gasteiger partial charge < -0.3 is 14.8 Å². The zero-order chi connectivity index (χ0) is 15.1. The first kappa shape index (κ1) is 14.9. The summed E-state index contributed by atoms with van der Waals surface area (Å²) in [5.74, 6) is 1.24. The third-order valence-electron chi connectivity index (χ3n) is 3.11. The summed E-state index contributed by atoms with van der Waals surface area (Å²) in [6, 6.07) is 16.9. The van der Waals surface area contributed by atoms with Gasteiger partial charge in [-0.15, -0.1) is 0 Å². The molecule has 2 aromatic carbocycles. The van der Waals surface area contributed by atoms with Crippen LogP contribution in [0.25, 0.3) is 0 Å². The lowest BCUT2D eigenvalue weighted by molar-refractivity contribution is -0.123. The van der Waals surface area contributed by atoms with Crippen molar-refractivity contribution in [2.45, 2.75) is 13.0 Å². The minimum absolute atomic E-state index is 0.0104. The fourth-order valence-electron chi connectivity index (χ4n) is 1.93. The number of rotatable bonds is 6. The number of methoxy groups -OCH3 is 1. The smallest absolute Gasteiger partial charge is 0.258 e. The largest absolute Gasteiger partial charge is 0.497 e. The SMILES string of the molecule is COc1ccc(OCC(=O)N[C@@H](C)c2ccccc2)cc1. The maximum Gasteiger partial charge on any atom is 0.258 e. The molecule has 2 rings (SSSR count). The highest BCUT2D eigenvalue weighted by atomic mass is 16.5. The highest BCUT2D eigenvalue weighted by Crippen LogP contribution is 2.17. The Morgan fingerprint density at radius 1 is 1.05 bits per heavy atom. The van der Waals surface area contributed by atoms with E-state index in [1.165, 1.54) is 0 Å². The zero-order valence-electron chi connectivity index (χ0n) is 12.2. The number of carbonyl (C=O) groups excluding carboxylic acids is 1. The second kappa shape index (κ2) is 7.33. The second-order valence-electron chi connectivity index (χ2n) is 4.66. The summed E-state index contributed by atoms with van der Waals surface area (Å²) in [6.45, 7) is 1.93. The lowest BCUT2D eigenvalue weighted by atomic mass is 10.1. The minimum atomic E-state index is -0.151. The van der Waals surface area contributed by atoms with Crippen molar-refractivity contribution in [1.82, 2.24) is 5.32 Å². The predicted molar refractivity (Wildman–Crippen MR) is 81.5 cm³/mol. The molecule has 21 heavy (non-hydrogen) atoms. The molecule has 110 valence electrons. The zero-order valence-corrected chi connectivity index (χ0v) is 12.2. The summed E-state index contributed by atoms with van der Waals surface area (Å²) >= 11 is 0. The quantitative estimate of drug-likeness (QED) is 0.887. The lowest BCUT2D eigenvalue weighted by Crippen LogP contribution is -2.31. The number of ether oxygens (including phenoxy) is 2. The fraction of sp³-hybridized carbons (Fsp3) is 0.235. The van der Waals surface area contributed by atoms with Gasteiger partial charge in [0, 0.05) is 0 Å². The summed E-state index contributed by atoms with van der Waals surface area (Å²) in [6.07, 6.45) is 0. The first-order valence-corrected chi connectivity index (χ1v) is 6.80. The Morgan fingerprint density at radius 3 is 2.29 bits per heavy atom. The molecule has 0 aromatic heterocycles. The van der Waals surface area contributed by atoms with Crippen LogP contribution >= 0.6 is 0 Å². The predicted octanol–water partition coefficient (Wildman–Crippen LogP) is 2.95. The summed E-state index contributed by atoms with van der Waals surface area (Å²) in [7, 11) is 1.61. The van der Waals surface area contributed by atoms with Crippen molar-refractivity contribution >= 4 is 5.91 Å². The van der Waals surface area contributed by atoms with Crippen molar-refractivity contribution in [2.75, 3.05) is 13.7 Å². The average molecular weight is 285 g/mol. The first-order valence-electron chi connectivity index (χ1n) is 6.80. The van der Waals surface area contributed by atoms with Crippen LogP contribution in [0.1, 0.15) is 18.5 Å². The minimum Gasteiger partial charge on any atom is -0.497 e. The van der Waals surface area contributed by atoms with Crippen molar-refractivity contribution < 1.29 is 14.3 Å². The molecule has 0 bridgehead atoms. The van der Waals surface area contributed by atoms with E-state index >= 15 is 0 Å². The molecule has 0 radical (unpaired) electrons. The van der Waals surface area contributed by atoms with E-state index in [4.69, 9.17) is 9.47 Å². The summed E-state index contributed by atoms with van der Waals surface area (Å²) in [5, 5.41) is 2.90. The third-order valence-corrected chi connectivity index (χ3v) is 3.11. The molecule has 1 atom stereocenters. The molecule has 0 saturated heterocycles. The Morgan fingerprint density at radius 2 is 1.67 bits per heavy atom. The molecule has 0 aliphatic rings. The number of benzene rings is 2. The van der Waals surface area contributed by atoms with Gasteiger partial charge in [-0.25, -0.2) is 0 Å². The Balaban J connectivity index is 1.81. The molecule has 4 nitrogen and oxygen atoms in total. The van der Waals surface area contributed by atoms with Crippen molar-refractivity contribution in [3.8, 4) is 11.5 Å². The number of amides is 1. The average Bonchev–Trinajstić information content (AvgIpc) is 2.54. The van der Waals surface area contributed by atoms with Crippen molar-refractivity contribution in [2.24, 2.45) is 0 Å². The van der Waals surface area contributed by atoms with Crippen LogP contribution in [0.15, 0.2) is 54.6 Å². The van der Waals surface area contributed by atoms with Crippen LogP contribution in [-0.2, 0) is 4.79 Å². The molecule has 4 heteroatoms. The Bertz CT molecular complexity index is 566. The van der Waals surface area contributed by atoms with Gasteiger partial charge in [0.1, 0.15) is 11.5 Å². The topological polar surface area (TPSA) is 47.6 Å². The van der Waals surface area contributed by atoms with Gasteiger partial charge in [0.25, 0.3) is 5.91 Å². The van der Waals surface area contributed by atoms with Gasteiger partial charge in [0.15, 0.2) is 6.61 Å². The maximum atomic E-state index is 11.9. The summed E-state index contributed by atoms with van der Waals surface area (Å²) in [4.78, 5) is 11.9. The molecule has 2 aromatic rings. The third kappa shape index (κ3) is 4.53. The molecule has 0 aliphatic carbocycles. The van der Waals surface area contributed by atoms with Gasteiger partial charge in [-0.1, -0.05) is 30.3 Å². The number of hydrogen-bond donors (Lipinski definition) is 1. The molecule has 0 heterocycles. The van der Waals surface area contributed by atoms with E-state index in [0.717, 1.165) is 11.3 Å². The van der Waals surface area contributed by atoms with Crippen LogP contribution in [0.5, 0.6) is 11.5 Å². The Labute approximate surface area is 124 Å². The Hall–Kier alpha value is -2.49. The van der Waals surface area contributed by atoms with E-state index in [1.807, 2.05) is 37.3 Å². The highest BCUT2D eigenvalue weighted by molar-refractivity contribution is 5.78. The number of nitrogens with one attached hydrogen (secondary N) is 1. The van der Waals surface area contributed by atoms with Crippen LogP contribution in [-0.4, -0.2) is 19.6 Å². The van der Waals surface area contributed by atoms with Crippen LogP contribution in [0.3, 0.4) is 0 Å². The van der Waals surface area contributed by atoms with Gasteiger partial charge in [-0.3, -0.25) is 4.79 Å². The van der Waals surface area contributed by atoms with Gasteiger partial charge >= 0.3 is 0 Å². The van der Waals surface area contributed by atoms with Crippen molar-refractivity contribution in [3.05, 3.63) is 60.2 Å². The van der Waals surface area contributed by atoms with Gasteiger partial charge in [0.05, 0.1) is 13.2 Å². The van der Waals surface area contributed by atoms with E-state index in [0.29, 0.717) is 5.75 Å². The molecule has 0 spiro atoms. The Kier molecular flexibility index (Phi) is 5.21. The highest BCUT2D eigenvalue weighted by Gasteiger charge is 2.09. The normalized spacial score (nSPS) is 11.5. The number of carbonyl (C=O) groups is 1. The van der Waals surface area contributed by atoms with Crippen molar-refractivity contribution in [3.63, 3.8) is 0 Å². The van der Waals surface area contributed by atoms with E-state index in [1.54, 1.807) is 31.4 Å². The van der Waals surface area contributed by atoms with Crippen LogP contribution in [0, 0.1) is 0 Å². The molecular formula is C17H19NO3. The van der Waals surface area contributed by atoms with Gasteiger partial charge in [0.2, 0.25) is 0 Å². The fourth-order valence-corrected chi connectivity index (χ4v) is 1.93. The lowest BCUT2D eigenvalue weighted by Gasteiger charge is -2.14. The van der Waals surface area contributed by atoms with E-state index in [9.17, 15) is 4.79 Å². The van der Waals surface area contributed by atoms with Crippen LogP contribution < -0.4 is 14.8 Å². The van der Waals surface area contributed by atoms with Crippen LogP contribution in [0.4, 0.5) is 0 Å². The van der Waals surface area contributed by atoms with E-state index in [-0.39, 0.29) is 18.6 Å². The monoisotopic (exact) mass is 285 g/mol. The summed E-state index contributed by atoms with van der Waals surface area (Å²) in [5.41, 5.74) is 1.07. The van der Waals surface area contributed by atoms with E-state index < -0.39 is 0 Å². The van der Waals surface area contributed by atoms with E-state index in [2.05, 4.69) is 5.32 Å². The molecule has 1 N–H and O–H groups in total. The number of hydrogen-bond acceptors (Lipinski definition) is 3. The molecule has 0 unspecified atom stereocenters. The maximum absolute atomic E-state index is 11.9. The standard InChI is InChI=1S/C17H19NO3/c1-13(14-6-4-3-5-7-14)18-17(19)12-21-16-10-8-15(20-2)9-11-16/h3-11,13H,12H2,1-2H3,(H,18,19)/t13-/m0/s1. The molecule has 0 saturated carbocycles. The first-order chi connectivity index (χ1) is 10.2. The summed E-state index contributed by atoms with van der Waals surface area (Å²) < 4.78 is 10.5. The molecule has 0 aliphatic heterocycles. The van der Waals surface area contributed by atoms with Crippen LogP contribution in [0.2, 0.25) is 0 Å². The molecular weight excluding hydrogens is 266 g/mol. The molecule has 1 amide bonds. The second-order valence-corrected chi connectivity index (χ2v) is 4.66.